The normalized spacial score (nSPS) is 11.0. The van der Waals surface area contributed by atoms with Gasteiger partial charge in [-0.2, -0.15) is 0 Å². The van der Waals surface area contributed by atoms with Gasteiger partial charge in [0.05, 0.1) is 12.3 Å². The highest BCUT2D eigenvalue weighted by Crippen LogP contribution is 2.23. The van der Waals surface area contributed by atoms with E-state index in [1.165, 1.54) is 23.7 Å². The molecule has 0 radical (unpaired) electrons. The van der Waals surface area contributed by atoms with Crippen LogP contribution in [-0.4, -0.2) is 36.6 Å². The van der Waals surface area contributed by atoms with Crippen LogP contribution in [0.5, 0.6) is 0 Å². The van der Waals surface area contributed by atoms with Crippen molar-refractivity contribution in [3.05, 3.63) is 71.0 Å². The number of nitrogens with one attached hydrogen (secondary N) is 1. The second kappa shape index (κ2) is 8.59. The number of carbonyl (C=O) groups excluding carboxylic acids is 1. The highest BCUT2D eigenvalue weighted by Gasteiger charge is 2.14. The maximum atomic E-state index is 12.2. The fraction of sp³-hybridized carbons (Fsp3) is 0.150. The zero-order chi connectivity index (χ0) is 20.2. The van der Waals surface area contributed by atoms with E-state index in [0.717, 1.165) is 5.56 Å². The first-order chi connectivity index (χ1) is 14.1. The first kappa shape index (κ1) is 19.4. The number of rotatable bonds is 6. The minimum Gasteiger partial charge on any atom is -0.325 e. The van der Waals surface area contributed by atoms with E-state index >= 15 is 0 Å². The van der Waals surface area contributed by atoms with Gasteiger partial charge in [0.1, 0.15) is 11.4 Å². The van der Waals surface area contributed by atoms with Crippen molar-refractivity contribution in [2.24, 2.45) is 0 Å². The highest BCUT2D eigenvalue weighted by atomic mass is 35.5. The number of halogens is 1. The van der Waals surface area contributed by atoms with Crippen molar-refractivity contribution >= 4 is 46.1 Å². The number of nitrogens with zero attached hydrogens (tertiary/aromatic N) is 5. The quantitative estimate of drug-likeness (QED) is 0.372. The smallest absolute Gasteiger partial charge is 0.234 e. The molecule has 146 valence electrons. The van der Waals surface area contributed by atoms with Gasteiger partial charge in [0.25, 0.3) is 0 Å². The number of hydrogen-bond donors (Lipinski definition) is 1. The third-order valence-corrected chi connectivity index (χ3v) is 5.38. The van der Waals surface area contributed by atoms with Gasteiger partial charge in [-0.05, 0) is 30.7 Å². The second-order valence-electron chi connectivity index (χ2n) is 6.43. The molecule has 4 aromatic rings. The number of carbonyl (C=O) groups is 1. The minimum absolute atomic E-state index is 0.156. The number of benzene rings is 2. The van der Waals surface area contributed by atoms with Crippen LogP contribution in [0.2, 0.25) is 5.02 Å². The molecule has 4 rings (SSSR count). The second-order valence-corrected chi connectivity index (χ2v) is 7.83. The molecule has 29 heavy (non-hydrogen) atoms. The molecule has 0 aliphatic rings. The Morgan fingerprint density at radius 1 is 1.17 bits per heavy atom. The van der Waals surface area contributed by atoms with E-state index in [0.29, 0.717) is 33.4 Å². The van der Waals surface area contributed by atoms with Gasteiger partial charge in [-0.3, -0.25) is 4.79 Å². The number of aryl methyl sites for hydroxylation is 1. The Labute approximate surface area is 176 Å². The van der Waals surface area contributed by atoms with Gasteiger partial charge < -0.3 is 5.32 Å². The number of aromatic nitrogens is 5. The summed E-state index contributed by atoms with van der Waals surface area (Å²) < 4.78 is 1.73. The number of amides is 1. The Kier molecular flexibility index (Phi) is 5.73. The third-order valence-electron chi connectivity index (χ3n) is 4.17. The average molecular weight is 425 g/mol. The number of fused-ring (bicyclic) bond motifs is 1. The lowest BCUT2D eigenvalue weighted by atomic mass is 10.1. The summed E-state index contributed by atoms with van der Waals surface area (Å²) in [5, 5.41) is 12.4. The number of hydrogen-bond acceptors (Lipinski definition) is 6. The molecule has 0 aliphatic heterocycles. The predicted octanol–water partition coefficient (Wildman–Crippen LogP) is 3.96. The average Bonchev–Trinajstić information content (AvgIpc) is 3.12. The molecule has 9 heteroatoms. The maximum absolute atomic E-state index is 12.2. The fourth-order valence-corrected chi connectivity index (χ4v) is 3.67. The molecule has 0 aliphatic carbocycles. The molecule has 0 unspecified atom stereocenters. The van der Waals surface area contributed by atoms with Crippen LogP contribution >= 0.6 is 23.4 Å². The molecule has 0 atom stereocenters. The van der Waals surface area contributed by atoms with Gasteiger partial charge in [-0.15, -0.1) is 5.10 Å². The highest BCUT2D eigenvalue weighted by molar-refractivity contribution is 8.00. The van der Waals surface area contributed by atoms with E-state index in [2.05, 4.69) is 49.9 Å². The summed E-state index contributed by atoms with van der Waals surface area (Å²) >= 11 is 7.23. The van der Waals surface area contributed by atoms with Crippen molar-refractivity contribution in [2.75, 3.05) is 11.1 Å². The summed E-state index contributed by atoms with van der Waals surface area (Å²) in [6.07, 6.45) is 1.47. The summed E-state index contributed by atoms with van der Waals surface area (Å²) in [7, 11) is 0. The van der Waals surface area contributed by atoms with E-state index in [1.54, 1.807) is 28.9 Å². The van der Waals surface area contributed by atoms with Gasteiger partial charge in [-0.1, -0.05) is 64.5 Å². The molecule has 1 amide bonds. The largest absolute Gasteiger partial charge is 0.325 e. The summed E-state index contributed by atoms with van der Waals surface area (Å²) in [6.45, 7) is 2.61. The van der Waals surface area contributed by atoms with E-state index < -0.39 is 0 Å². The van der Waals surface area contributed by atoms with E-state index in [4.69, 9.17) is 11.6 Å². The van der Waals surface area contributed by atoms with E-state index in [9.17, 15) is 4.79 Å². The SMILES string of the molecule is Cc1ccc(Cn2nnc3c(SCC(=O)Nc4cccc(Cl)c4)ncnc32)cc1. The Hall–Kier alpha value is -2.97. The lowest BCUT2D eigenvalue weighted by Gasteiger charge is -2.05. The molecule has 0 bridgehead atoms. The topological polar surface area (TPSA) is 85.6 Å². The van der Waals surface area contributed by atoms with Gasteiger partial charge in [0.2, 0.25) is 5.91 Å². The Bertz CT molecular complexity index is 1160. The molecule has 0 saturated heterocycles. The van der Waals surface area contributed by atoms with Crippen LogP contribution in [0.3, 0.4) is 0 Å². The first-order valence-corrected chi connectivity index (χ1v) is 10.2. The molecular formula is C20H17ClN6OS. The summed E-state index contributed by atoms with van der Waals surface area (Å²) in [5.41, 5.74) is 4.18. The minimum atomic E-state index is -0.156. The van der Waals surface area contributed by atoms with Crippen LogP contribution in [0.1, 0.15) is 11.1 Å². The van der Waals surface area contributed by atoms with Crippen molar-refractivity contribution in [1.82, 2.24) is 25.0 Å². The molecule has 0 spiro atoms. The predicted molar refractivity (Wildman–Crippen MR) is 114 cm³/mol. The van der Waals surface area contributed by atoms with Crippen molar-refractivity contribution in [1.29, 1.82) is 0 Å². The number of anilines is 1. The maximum Gasteiger partial charge on any atom is 0.234 e. The Morgan fingerprint density at radius 3 is 2.79 bits per heavy atom. The molecule has 7 nitrogen and oxygen atoms in total. The molecule has 2 aromatic carbocycles. The van der Waals surface area contributed by atoms with Crippen molar-refractivity contribution in [3.8, 4) is 0 Å². The van der Waals surface area contributed by atoms with Crippen LogP contribution in [0.15, 0.2) is 59.9 Å². The monoisotopic (exact) mass is 424 g/mol. The Balaban J connectivity index is 1.46. The van der Waals surface area contributed by atoms with Crippen molar-refractivity contribution in [2.45, 2.75) is 18.5 Å². The van der Waals surface area contributed by atoms with Crippen molar-refractivity contribution in [3.63, 3.8) is 0 Å². The molecule has 2 heterocycles. The number of thioether (sulfide) groups is 1. The first-order valence-electron chi connectivity index (χ1n) is 8.86. The fourth-order valence-electron chi connectivity index (χ4n) is 2.75. The van der Waals surface area contributed by atoms with Crippen LogP contribution in [0.25, 0.3) is 11.2 Å². The zero-order valence-electron chi connectivity index (χ0n) is 15.5. The molecule has 0 fully saturated rings. The molecular weight excluding hydrogens is 408 g/mol. The van der Waals surface area contributed by atoms with Crippen molar-refractivity contribution < 1.29 is 4.79 Å². The van der Waals surface area contributed by atoms with Gasteiger partial charge in [0.15, 0.2) is 11.2 Å². The lowest BCUT2D eigenvalue weighted by molar-refractivity contribution is -0.113. The van der Waals surface area contributed by atoms with Crippen LogP contribution < -0.4 is 5.32 Å². The van der Waals surface area contributed by atoms with Gasteiger partial charge in [0, 0.05) is 10.7 Å². The zero-order valence-corrected chi connectivity index (χ0v) is 17.1. The van der Waals surface area contributed by atoms with Crippen LogP contribution in [-0.2, 0) is 11.3 Å². The lowest BCUT2D eigenvalue weighted by Crippen LogP contribution is -2.14. The third kappa shape index (κ3) is 4.72. The van der Waals surface area contributed by atoms with Gasteiger partial charge in [-0.25, -0.2) is 14.6 Å². The molecule has 2 aromatic heterocycles. The van der Waals surface area contributed by atoms with Crippen LogP contribution in [0.4, 0.5) is 5.69 Å². The Morgan fingerprint density at radius 2 is 2.00 bits per heavy atom. The van der Waals surface area contributed by atoms with E-state index in [-0.39, 0.29) is 11.7 Å². The van der Waals surface area contributed by atoms with E-state index in [1.807, 2.05) is 6.92 Å². The molecule has 1 N–H and O–H groups in total. The van der Waals surface area contributed by atoms with Crippen LogP contribution in [0, 0.1) is 6.92 Å². The summed E-state index contributed by atoms with van der Waals surface area (Å²) in [5.74, 6) is 0.0276. The summed E-state index contributed by atoms with van der Waals surface area (Å²) in [4.78, 5) is 20.8. The molecule has 0 saturated carbocycles. The standard InChI is InChI=1S/C20H17ClN6OS/c1-13-5-7-14(8-6-13)10-27-19-18(25-26-27)20(23-12-22-19)29-11-17(28)24-16-4-2-3-15(21)9-16/h2-9,12H,10-11H2,1H3,(H,24,28). The van der Waals surface area contributed by atoms with Gasteiger partial charge >= 0.3 is 0 Å². The summed E-state index contributed by atoms with van der Waals surface area (Å²) in [6, 6.07) is 15.2.